The van der Waals surface area contributed by atoms with Crippen molar-refractivity contribution in [3.8, 4) is 11.8 Å². The number of aromatic carboxylic acids is 1. The molecule has 5 heteroatoms. The molecule has 2 aliphatic rings. The van der Waals surface area contributed by atoms with E-state index in [1.54, 1.807) is 13.0 Å². The summed E-state index contributed by atoms with van der Waals surface area (Å²) < 4.78 is 5.54. The van der Waals surface area contributed by atoms with Crippen LogP contribution in [-0.4, -0.2) is 52.8 Å². The summed E-state index contributed by atoms with van der Waals surface area (Å²) in [5, 5.41) is 8.97. The van der Waals surface area contributed by atoms with E-state index in [1.807, 2.05) is 0 Å². The Labute approximate surface area is 117 Å². The van der Waals surface area contributed by atoms with Crippen molar-refractivity contribution < 1.29 is 14.6 Å². The summed E-state index contributed by atoms with van der Waals surface area (Å²) in [5.74, 6) is 5.13. The molecule has 0 saturated carbocycles. The third-order valence-electron chi connectivity index (χ3n) is 3.70. The van der Waals surface area contributed by atoms with Gasteiger partial charge in [0.05, 0.1) is 19.3 Å². The Morgan fingerprint density at radius 3 is 3.10 bits per heavy atom. The minimum absolute atomic E-state index is 0.0444. The van der Waals surface area contributed by atoms with Gasteiger partial charge in [-0.2, -0.15) is 0 Å². The lowest BCUT2D eigenvalue weighted by Gasteiger charge is -2.24. The zero-order valence-electron chi connectivity index (χ0n) is 11.3. The minimum Gasteiger partial charge on any atom is -0.477 e. The lowest BCUT2D eigenvalue weighted by atomic mass is 10.2. The third-order valence-corrected chi connectivity index (χ3v) is 3.70. The number of ether oxygens (including phenoxy) is 1. The SMILES string of the molecule is Cc1cc(C#CCN2C[C@H]3C[C@@H]2CO3)cc(C(=O)O)n1. The lowest BCUT2D eigenvalue weighted by molar-refractivity contribution is 0.0363. The molecular formula is C15H16N2O3. The zero-order chi connectivity index (χ0) is 14.1. The van der Waals surface area contributed by atoms with Crippen LogP contribution < -0.4 is 0 Å². The van der Waals surface area contributed by atoms with Gasteiger partial charge in [0, 0.05) is 23.8 Å². The highest BCUT2D eigenvalue weighted by atomic mass is 16.5. The molecule has 2 atom stereocenters. The average molecular weight is 272 g/mol. The van der Waals surface area contributed by atoms with Gasteiger partial charge in [-0.3, -0.25) is 4.90 Å². The molecule has 5 nitrogen and oxygen atoms in total. The molecule has 0 aliphatic carbocycles. The van der Waals surface area contributed by atoms with Crippen LogP contribution >= 0.6 is 0 Å². The summed E-state index contributed by atoms with van der Waals surface area (Å²) >= 11 is 0. The number of morpholine rings is 1. The molecule has 0 spiro atoms. The summed E-state index contributed by atoms with van der Waals surface area (Å²) in [5.41, 5.74) is 1.42. The third kappa shape index (κ3) is 2.67. The van der Waals surface area contributed by atoms with Gasteiger partial charge in [0.15, 0.2) is 0 Å². The monoisotopic (exact) mass is 272 g/mol. The number of aryl methyl sites for hydroxylation is 1. The first-order chi connectivity index (χ1) is 9.61. The van der Waals surface area contributed by atoms with Gasteiger partial charge in [0.25, 0.3) is 0 Å². The van der Waals surface area contributed by atoms with Crippen molar-refractivity contribution in [3.05, 3.63) is 29.1 Å². The smallest absolute Gasteiger partial charge is 0.354 e. The minimum atomic E-state index is -1.02. The molecular weight excluding hydrogens is 256 g/mol. The first-order valence-corrected chi connectivity index (χ1v) is 6.68. The molecule has 2 fully saturated rings. The van der Waals surface area contributed by atoms with E-state index in [0.717, 1.165) is 19.6 Å². The van der Waals surface area contributed by atoms with Crippen molar-refractivity contribution in [1.29, 1.82) is 0 Å². The zero-order valence-corrected chi connectivity index (χ0v) is 11.3. The predicted octanol–water partition coefficient (Wildman–Crippen LogP) is 0.913. The van der Waals surface area contributed by atoms with Crippen LogP contribution in [0.4, 0.5) is 0 Å². The van der Waals surface area contributed by atoms with E-state index in [2.05, 4.69) is 21.7 Å². The standard InChI is InChI=1S/C15H16N2O3/c1-10-5-11(6-14(16-10)15(18)19)3-2-4-17-8-13-7-12(17)9-20-13/h5-6,12-13H,4,7-9H2,1H3,(H,18,19)/t12-,13-/m1/s1. The van der Waals surface area contributed by atoms with Crippen molar-refractivity contribution in [1.82, 2.24) is 9.88 Å². The quantitative estimate of drug-likeness (QED) is 0.811. The summed E-state index contributed by atoms with van der Waals surface area (Å²) in [6, 6.07) is 3.82. The number of nitrogens with zero attached hydrogens (tertiary/aromatic N) is 2. The van der Waals surface area contributed by atoms with Gasteiger partial charge in [-0.1, -0.05) is 11.8 Å². The summed E-state index contributed by atoms with van der Waals surface area (Å²) in [6.45, 7) is 4.24. The van der Waals surface area contributed by atoms with Crippen molar-refractivity contribution in [2.24, 2.45) is 0 Å². The molecule has 0 amide bonds. The van der Waals surface area contributed by atoms with Crippen molar-refractivity contribution in [2.75, 3.05) is 19.7 Å². The summed E-state index contributed by atoms with van der Waals surface area (Å²) in [7, 11) is 0. The van der Waals surface area contributed by atoms with Crippen LogP contribution in [0, 0.1) is 18.8 Å². The Balaban J connectivity index is 1.69. The Hall–Kier alpha value is -1.90. The van der Waals surface area contributed by atoms with Crippen LogP contribution in [0.1, 0.15) is 28.2 Å². The number of hydrogen-bond acceptors (Lipinski definition) is 4. The predicted molar refractivity (Wildman–Crippen MR) is 72.5 cm³/mol. The Kier molecular flexibility index (Phi) is 3.43. The van der Waals surface area contributed by atoms with Gasteiger partial charge in [-0.05, 0) is 25.5 Å². The largest absolute Gasteiger partial charge is 0.477 e. The highest BCUT2D eigenvalue weighted by Gasteiger charge is 2.38. The van der Waals surface area contributed by atoms with E-state index in [-0.39, 0.29) is 5.69 Å². The van der Waals surface area contributed by atoms with Crippen LogP contribution in [-0.2, 0) is 4.74 Å². The second kappa shape index (κ2) is 5.23. The van der Waals surface area contributed by atoms with E-state index < -0.39 is 5.97 Å². The van der Waals surface area contributed by atoms with Gasteiger partial charge < -0.3 is 9.84 Å². The normalized spacial score (nSPS) is 24.4. The molecule has 3 heterocycles. The van der Waals surface area contributed by atoms with E-state index in [4.69, 9.17) is 9.84 Å². The number of pyridine rings is 1. The Morgan fingerprint density at radius 1 is 1.60 bits per heavy atom. The van der Waals surface area contributed by atoms with Crippen molar-refractivity contribution in [3.63, 3.8) is 0 Å². The maximum Gasteiger partial charge on any atom is 0.354 e. The van der Waals surface area contributed by atoms with Gasteiger partial charge in [0.2, 0.25) is 0 Å². The Bertz CT molecular complexity index is 603. The van der Waals surface area contributed by atoms with Crippen LogP contribution in [0.15, 0.2) is 12.1 Å². The average Bonchev–Trinajstić information content (AvgIpc) is 3.00. The molecule has 1 aromatic rings. The summed E-state index contributed by atoms with van der Waals surface area (Å²) in [6.07, 6.45) is 1.49. The maximum absolute atomic E-state index is 10.9. The topological polar surface area (TPSA) is 62.7 Å². The van der Waals surface area contributed by atoms with Crippen molar-refractivity contribution >= 4 is 5.97 Å². The first kappa shape index (κ1) is 13.1. The molecule has 2 aliphatic heterocycles. The van der Waals surface area contributed by atoms with Gasteiger partial charge >= 0.3 is 5.97 Å². The Morgan fingerprint density at radius 2 is 2.45 bits per heavy atom. The van der Waals surface area contributed by atoms with E-state index in [0.29, 0.717) is 29.9 Å². The number of carbonyl (C=O) groups is 1. The van der Waals surface area contributed by atoms with Gasteiger partial charge in [-0.15, -0.1) is 0 Å². The van der Waals surface area contributed by atoms with E-state index in [1.165, 1.54) is 6.07 Å². The number of aromatic nitrogens is 1. The van der Waals surface area contributed by atoms with Gasteiger partial charge in [0.1, 0.15) is 5.69 Å². The molecule has 20 heavy (non-hydrogen) atoms. The highest BCUT2D eigenvalue weighted by Crippen LogP contribution is 2.26. The fourth-order valence-electron chi connectivity index (χ4n) is 2.77. The highest BCUT2D eigenvalue weighted by molar-refractivity contribution is 5.85. The lowest BCUT2D eigenvalue weighted by Crippen LogP contribution is -2.37. The van der Waals surface area contributed by atoms with Crippen molar-refractivity contribution in [2.45, 2.75) is 25.5 Å². The second-order valence-electron chi connectivity index (χ2n) is 5.26. The van der Waals surface area contributed by atoms with E-state index >= 15 is 0 Å². The molecule has 0 unspecified atom stereocenters. The number of carboxylic acids is 1. The van der Waals surface area contributed by atoms with Gasteiger partial charge in [-0.25, -0.2) is 9.78 Å². The molecule has 2 saturated heterocycles. The first-order valence-electron chi connectivity index (χ1n) is 6.68. The number of rotatable bonds is 2. The summed E-state index contributed by atoms with van der Waals surface area (Å²) in [4.78, 5) is 17.2. The fourth-order valence-corrected chi connectivity index (χ4v) is 2.77. The molecule has 0 radical (unpaired) electrons. The molecule has 1 aromatic heterocycles. The number of likely N-dealkylation sites (tertiary alicyclic amines) is 1. The van der Waals surface area contributed by atoms with Crippen LogP contribution in [0.5, 0.6) is 0 Å². The second-order valence-corrected chi connectivity index (χ2v) is 5.26. The molecule has 2 bridgehead atoms. The molecule has 3 rings (SSSR count). The molecule has 0 aromatic carbocycles. The number of hydrogen-bond donors (Lipinski definition) is 1. The molecule has 104 valence electrons. The maximum atomic E-state index is 10.9. The molecule has 1 N–H and O–H groups in total. The van der Waals surface area contributed by atoms with Crippen LogP contribution in [0.3, 0.4) is 0 Å². The number of carboxylic acid groups (broad SMARTS) is 1. The number of fused-ring (bicyclic) bond motifs is 2. The van der Waals surface area contributed by atoms with Crippen LogP contribution in [0.25, 0.3) is 0 Å². The van der Waals surface area contributed by atoms with Crippen LogP contribution in [0.2, 0.25) is 0 Å². The fraction of sp³-hybridized carbons (Fsp3) is 0.467. The van der Waals surface area contributed by atoms with E-state index in [9.17, 15) is 4.79 Å².